The molecule has 2 amide bonds. The molecule has 0 aliphatic rings. The van der Waals surface area contributed by atoms with Crippen molar-refractivity contribution >= 4 is 11.7 Å². The Kier molecular flexibility index (Phi) is 6.35. The second kappa shape index (κ2) is 8.14. The number of rotatable bonds is 7. The molecule has 0 bridgehead atoms. The van der Waals surface area contributed by atoms with E-state index in [-0.39, 0.29) is 12.6 Å². The number of aliphatic hydroxyl groups excluding tert-OH is 1. The van der Waals surface area contributed by atoms with Gasteiger partial charge in [0.1, 0.15) is 12.4 Å². The van der Waals surface area contributed by atoms with Gasteiger partial charge < -0.3 is 20.5 Å². The number of urea groups is 1. The third-order valence-electron chi connectivity index (χ3n) is 2.08. The van der Waals surface area contributed by atoms with E-state index in [0.717, 1.165) is 0 Å². The van der Waals surface area contributed by atoms with Crippen LogP contribution in [0.25, 0.3) is 0 Å². The van der Waals surface area contributed by atoms with Crippen LogP contribution in [-0.4, -0.2) is 30.9 Å². The lowest BCUT2D eigenvalue weighted by Gasteiger charge is -2.09. The summed E-state index contributed by atoms with van der Waals surface area (Å²) < 4.78 is 5.35. The van der Waals surface area contributed by atoms with Crippen molar-refractivity contribution in [2.45, 2.75) is 6.42 Å². The Morgan fingerprint density at radius 2 is 2.33 bits per heavy atom. The highest BCUT2D eigenvalue weighted by atomic mass is 16.5. The molecule has 0 saturated heterocycles. The van der Waals surface area contributed by atoms with Crippen LogP contribution < -0.4 is 15.4 Å². The number of hydrogen-bond acceptors (Lipinski definition) is 3. The fourth-order valence-corrected chi connectivity index (χ4v) is 1.28. The summed E-state index contributed by atoms with van der Waals surface area (Å²) in [6, 6.07) is 6.80. The third-order valence-corrected chi connectivity index (χ3v) is 2.08. The first kappa shape index (κ1) is 14.1. The number of anilines is 1. The molecular weight excluding hydrogens is 232 g/mol. The van der Waals surface area contributed by atoms with Gasteiger partial charge in [-0.25, -0.2) is 4.79 Å². The highest BCUT2D eigenvalue weighted by Gasteiger charge is 2.01. The summed E-state index contributed by atoms with van der Waals surface area (Å²) >= 11 is 0. The van der Waals surface area contributed by atoms with Crippen molar-refractivity contribution in [3.05, 3.63) is 36.9 Å². The molecule has 0 heterocycles. The van der Waals surface area contributed by atoms with E-state index < -0.39 is 0 Å². The number of benzene rings is 1. The van der Waals surface area contributed by atoms with Gasteiger partial charge in [0.05, 0.1) is 0 Å². The van der Waals surface area contributed by atoms with Crippen LogP contribution in [0.5, 0.6) is 5.75 Å². The van der Waals surface area contributed by atoms with E-state index in [1.54, 1.807) is 30.3 Å². The van der Waals surface area contributed by atoms with Crippen LogP contribution in [-0.2, 0) is 0 Å². The van der Waals surface area contributed by atoms with Crippen LogP contribution in [0, 0.1) is 0 Å². The molecule has 3 N–H and O–H groups in total. The van der Waals surface area contributed by atoms with E-state index in [2.05, 4.69) is 17.2 Å². The molecule has 5 nitrogen and oxygen atoms in total. The standard InChI is InChI=1S/C13H18N2O3/c1-2-9-18-12-6-3-5-11(10-12)15-13(17)14-7-4-8-16/h2-3,5-6,10,16H,1,4,7-9H2,(H2,14,15,17). The lowest BCUT2D eigenvalue weighted by molar-refractivity contribution is 0.249. The lowest BCUT2D eigenvalue weighted by atomic mass is 10.3. The van der Waals surface area contributed by atoms with Crippen LogP contribution >= 0.6 is 0 Å². The summed E-state index contributed by atoms with van der Waals surface area (Å²) in [5, 5.41) is 13.9. The number of aliphatic hydroxyl groups is 1. The molecule has 0 aliphatic heterocycles. The first-order valence-corrected chi connectivity index (χ1v) is 5.75. The minimum Gasteiger partial charge on any atom is -0.489 e. The topological polar surface area (TPSA) is 70.6 Å². The maximum Gasteiger partial charge on any atom is 0.319 e. The Hall–Kier alpha value is -2.01. The number of nitrogens with one attached hydrogen (secondary N) is 2. The Morgan fingerprint density at radius 1 is 1.50 bits per heavy atom. The highest BCUT2D eigenvalue weighted by Crippen LogP contribution is 2.17. The average molecular weight is 250 g/mol. The first-order chi connectivity index (χ1) is 8.76. The summed E-state index contributed by atoms with van der Waals surface area (Å²) in [6.45, 7) is 4.49. The number of carbonyl (C=O) groups excluding carboxylic acids is 1. The van der Waals surface area contributed by atoms with Crippen LogP contribution in [0.2, 0.25) is 0 Å². The minimum absolute atomic E-state index is 0.0607. The lowest BCUT2D eigenvalue weighted by Crippen LogP contribution is -2.29. The zero-order valence-electron chi connectivity index (χ0n) is 10.2. The molecule has 0 aliphatic carbocycles. The molecule has 0 unspecified atom stereocenters. The van der Waals surface area contributed by atoms with Crippen molar-refractivity contribution in [1.82, 2.24) is 5.32 Å². The van der Waals surface area contributed by atoms with E-state index in [1.807, 2.05) is 0 Å². The van der Waals surface area contributed by atoms with Crippen molar-refractivity contribution in [2.75, 3.05) is 25.1 Å². The zero-order chi connectivity index (χ0) is 13.2. The van der Waals surface area contributed by atoms with Gasteiger partial charge in [-0.15, -0.1) is 0 Å². The maximum absolute atomic E-state index is 11.5. The quantitative estimate of drug-likeness (QED) is 0.510. The second-order valence-corrected chi connectivity index (χ2v) is 3.59. The number of hydrogen-bond donors (Lipinski definition) is 3. The number of carbonyl (C=O) groups is 1. The summed E-state index contributed by atoms with van der Waals surface area (Å²) in [5.74, 6) is 0.669. The molecule has 1 aromatic rings. The maximum atomic E-state index is 11.5. The Balaban J connectivity index is 2.45. The van der Waals surface area contributed by atoms with E-state index >= 15 is 0 Å². The Morgan fingerprint density at radius 3 is 3.06 bits per heavy atom. The fraction of sp³-hybridized carbons (Fsp3) is 0.308. The third kappa shape index (κ3) is 5.36. The van der Waals surface area contributed by atoms with Crippen LogP contribution in [0.3, 0.4) is 0 Å². The van der Waals surface area contributed by atoms with Crippen LogP contribution in [0.4, 0.5) is 10.5 Å². The Bertz CT molecular complexity index is 394. The molecule has 18 heavy (non-hydrogen) atoms. The van der Waals surface area contributed by atoms with E-state index in [9.17, 15) is 4.79 Å². The average Bonchev–Trinajstić information content (AvgIpc) is 2.37. The molecule has 0 fully saturated rings. The first-order valence-electron chi connectivity index (χ1n) is 5.75. The molecule has 5 heteroatoms. The van der Waals surface area contributed by atoms with Crippen molar-refractivity contribution in [1.29, 1.82) is 0 Å². The molecule has 1 rings (SSSR count). The molecule has 1 aromatic carbocycles. The van der Waals surface area contributed by atoms with Gasteiger partial charge in [0.2, 0.25) is 0 Å². The van der Waals surface area contributed by atoms with E-state index in [1.165, 1.54) is 0 Å². The van der Waals surface area contributed by atoms with Crippen LogP contribution in [0.15, 0.2) is 36.9 Å². The van der Waals surface area contributed by atoms with Gasteiger partial charge in [-0.1, -0.05) is 18.7 Å². The van der Waals surface area contributed by atoms with Gasteiger partial charge in [-0.05, 0) is 18.6 Å². The molecule has 0 saturated carbocycles. The van der Waals surface area contributed by atoms with E-state index in [4.69, 9.17) is 9.84 Å². The summed E-state index contributed by atoms with van der Waals surface area (Å²) in [5.41, 5.74) is 0.651. The fourth-order valence-electron chi connectivity index (χ4n) is 1.28. The molecule has 0 radical (unpaired) electrons. The molecule has 0 aromatic heterocycles. The van der Waals surface area contributed by atoms with Gasteiger partial charge in [0.25, 0.3) is 0 Å². The number of ether oxygens (including phenoxy) is 1. The molecule has 0 spiro atoms. The van der Waals surface area contributed by atoms with Gasteiger partial charge in [-0.2, -0.15) is 0 Å². The monoisotopic (exact) mass is 250 g/mol. The summed E-state index contributed by atoms with van der Waals surface area (Å²) in [6.07, 6.45) is 2.19. The zero-order valence-corrected chi connectivity index (χ0v) is 10.2. The van der Waals surface area contributed by atoms with Gasteiger partial charge in [0, 0.05) is 24.9 Å². The van der Waals surface area contributed by atoms with Gasteiger partial charge >= 0.3 is 6.03 Å². The smallest absolute Gasteiger partial charge is 0.319 e. The number of amides is 2. The molecule has 98 valence electrons. The predicted molar refractivity (Wildman–Crippen MR) is 70.9 cm³/mol. The molecular formula is C13H18N2O3. The Labute approximate surface area is 106 Å². The van der Waals surface area contributed by atoms with Crippen molar-refractivity contribution in [2.24, 2.45) is 0 Å². The largest absolute Gasteiger partial charge is 0.489 e. The van der Waals surface area contributed by atoms with Crippen LogP contribution in [0.1, 0.15) is 6.42 Å². The van der Waals surface area contributed by atoms with Crippen molar-refractivity contribution < 1.29 is 14.6 Å². The SMILES string of the molecule is C=CCOc1cccc(NC(=O)NCCCO)c1. The van der Waals surface area contributed by atoms with Crippen molar-refractivity contribution in [3.63, 3.8) is 0 Å². The second-order valence-electron chi connectivity index (χ2n) is 3.59. The minimum atomic E-state index is -0.302. The normalized spacial score (nSPS) is 9.61. The highest BCUT2D eigenvalue weighted by molar-refractivity contribution is 5.89. The van der Waals surface area contributed by atoms with Gasteiger partial charge in [0.15, 0.2) is 0 Å². The molecule has 0 atom stereocenters. The van der Waals surface area contributed by atoms with Crippen molar-refractivity contribution in [3.8, 4) is 5.75 Å². The predicted octanol–water partition coefficient (Wildman–Crippen LogP) is 1.76. The van der Waals surface area contributed by atoms with Gasteiger partial charge in [-0.3, -0.25) is 0 Å². The van der Waals surface area contributed by atoms with E-state index in [0.29, 0.717) is 31.0 Å². The summed E-state index contributed by atoms with van der Waals surface area (Å²) in [4.78, 5) is 11.5. The summed E-state index contributed by atoms with van der Waals surface area (Å²) in [7, 11) is 0.